The molecular weight excluding hydrogens is 522 g/mol. The van der Waals surface area contributed by atoms with Gasteiger partial charge in [-0.15, -0.1) is 0 Å². The lowest BCUT2D eigenvalue weighted by Gasteiger charge is -2.12. The molecule has 0 radical (unpaired) electrons. The number of nitrogens with one attached hydrogen (secondary N) is 1. The Kier molecular flexibility index (Phi) is 6.54. The highest BCUT2D eigenvalue weighted by Gasteiger charge is 2.26. The number of aromatic nitrogens is 4. The summed E-state index contributed by atoms with van der Waals surface area (Å²) in [4.78, 5) is 19.5. The largest absolute Gasteiger partial charge is 0.480 e. The number of fused-ring (bicyclic) bond motifs is 1. The molecule has 0 amide bonds. The third-order valence-corrected chi connectivity index (χ3v) is 7.52. The van der Waals surface area contributed by atoms with Gasteiger partial charge in [0.25, 0.3) is 10.0 Å². The van der Waals surface area contributed by atoms with Gasteiger partial charge in [-0.3, -0.25) is 4.72 Å². The van der Waals surface area contributed by atoms with Crippen LogP contribution in [0, 0.1) is 5.82 Å². The Bertz CT molecular complexity index is 1580. The number of carboxylic acid groups (broad SMARTS) is 1. The van der Waals surface area contributed by atoms with E-state index in [-0.39, 0.29) is 55.2 Å². The van der Waals surface area contributed by atoms with Crippen LogP contribution in [-0.2, 0) is 14.8 Å². The van der Waals surface area contributed by atoms with Crippen LogP contribution in [0.15, 0.2) is 47.6 Å². The van der Waals surface area contributed by atoms with Crippen molar-refractivity contribution in [2.45, 2.75) is 24.3 Å². The van der Waals surface area contributed by atoms with Crippen molar-refractivity contribution < 1.29 is 22.7 Å². The van der Waals surface area contributed by atoms with Crippen molar-refractivity contribution in [2.24, 2.45) is 0 Å². The monoisotopic (exact) mass is 538 g/mol. The fraction of sp³-hybridized carbons (Fsp3) is 0.143. The molecule has 0 saturated heterocycles. The Morgan fingerprint density at radius 1 is 1.26 bits per heavy atom. The van der Waals surface area contributed by atoms with Gasteiger partial charge in [-0.25, -0.2) is 32.3 Å². The van der Waals surface area contributed by atoms with Gasteiger partial charge < -0.3 is 10.8 Å². The number of halogens is 3. The highest BCUT2D eigenvalue weighted by atomic mass is 35.5. The summed E-state index contributed by atoms with van der Waals surface area (Å²) >= 11 is 11.9. The normalized spacial score (nSPS) is 12.6. The molecule has 4 N–H and O–H groups in total. The first-order valence-electron chi connectivity index (χ1n) is 10.0. The topological polar surface area (TPSA) is 153 Å². The zero-order valence-electron chi connectivity index (χ0n) is 17.9. The van der Waals surface area contributed by atoms with Crippen molar-refractivity contribution in [3.05, 3.63) is 58.6 Å². The average molecular weight is 539 g/mol. The number of sulfonamides is 1. The minimum atomic E-state index is -4.26. The maximum absolute atomic E-state index is 15.0. The minimum Gasteiger partial charge on any atom is -0.480 e. The number of nitrogens with zero attached hydrogens (tertiary/aromatic N) is 4. The van der Waals surface area contributed by atoms with E-state index in [9.17, 15) is 18.3 Å². The van der Waals surface area contributed by atoms with Crippen molar-refractivity contribution >= 4 is 61.7 Å². The number of anilines is 2. The molecule has 4 aromatic rings. The Hall–Kier alpha value is -3.48. The first-order chi connectivity index (χ1) is 16.5. The van der Waals surface area contributed by atoms with Crippen LogP contribution in [0.5, 0.6) is 0 Å². The number of benzene rings is 2. The van der Waals surface area contributed by atoms with E-state index in [4.69, 9.17) is 28.9 Å². The summed E-state index contributed by atoms with van der Waals surface area (Å²) in [5, 5.41) is 14.0. The Labute approximate surface area is 208 Å². The number of hydrogen-bond donors (Lipinski definition) is 3. The Balaban J connectivity index is 1.78. The lowest BCUT2D eigenvalue weighted by molar-refractivity contribution is -0.141. The highest BCUT2D eigenvalue weighted by molar-refractivity contribution is 7.92. The van der Waals surface area contributed by atoms with Gasteiger partial charge in [0, 0.05) is 5.56 Å². The van der Waals surface area contributed by atoms with Gasteiger partial charge in [-0.2, -0.15) is 5.10 Å². The second-order valence-electron chi connectivity index (χ2n) is 7.37. The molecule has 2 heterocycles. The predicted molar refractivity (Wildman–Crippen MR) is 129 cm³/mol. The smallest absolute Gasteiger partial charge is 0.328 e. The van der Waals surface area contributed by atoms with E-state index in [1.165, 1.54) is 41.3 Å². The van der Waals surface area contributed by atoms with Gasteiger partial charge >= 0.3 is 5.97 Å². The van der Waals surface area contributed by atoms with Crippen LogP contribution in [0.2, 0.25) is 10.0 Å². The Morgan fingerprint density at radius 3 is 2.66 bits per heavy atom. The Morgan fingerprint density at radius 2 is 2.00 bits per heavy atom. The molecule has 2 aromatic heterocycles. The number of nitrogen functional groups attached to an aromatic ring is 1. The number of aliphatic carboxylic acids is 1. The van der Waals surface area contributed by atoms with Crippen LogP contribution in [-0.4, -0.2) is 39.2 Å². The van der Waals surface area contributed by atoms with Crippen LogP contribution in [0.4, 0.5) is 15.9 Å². The molecule has 14 heteroatoms. The van der Waals surface area contributed by atoms with E-state index in [1.54, 1.807) is 6.92 Å². The third kappa shape index (κ3) is 4.47. The second-order valence-corrected chi connectivity index (χ2v) is 9.80. The minimum absolute atomic E-state index is 0.0253. The molecule has 1 atom stereocenters. The summed E-state index contributed by atoms with van der Waals surface area (Å²) in [5.74, 6) is -2.03. The van der Waals surface area contributed by atoms with Crippen LogP contribution in [0.25, 0.3) is 22.3 Å². The molecule has 0 saturated carbocycles. The first-order valence-corrected chi connectivity index (χ1v) is 12.3. The van der Waals surface area contributed by atoms with Crippen LogP contribution in [0.3, 0.4) is 0 Å². The molecule has 10 nitrogen and oxygen atoms in total. The predicted octanol–water partition coefficient (Wildman–Crippen LogP) is 4.36. The maximum Gasteiger partial charge on any atom is 0.328 e. The lowest BCUT2D eigenvalue weighted by Crippen LogP contribution is -2.19. The van der Waals surface area contributed by atoms with Gasteiger partial charge in [-0.05, 0) is 30.7 Å². The van der Waals surface area contributed by atoms with Crippen molar-refractivity contribution in [1.82, 2.24) is 19.7 Å². The molecule has 2 aromatic carbocycles. The van der Waals surface area contributed by atoms with Gasteiger partial charge in [0.15, 0.2) is 11.7 Å². The summed E-state index contributed by atoms with van der Waals surface area (Å²) in [6.07, 6.45) is 1.38. The molecule has 0 bridgehead atoms. The van der Waals surface area contributed by atoms with Gasteiger partial charge in [0.1, 0.15) is 28.6 Å². The van der Waals surface area contributed by atoms with Crippen LogP contribution < -0.4 is 10.5 Å². The molecular formula is C21H17Cl2FN6O4S. The van der Waals surface area contributed by atoms with Crippen molar-refractivity contribution in [2.75, 3.05) is 10.5 Å². The number of carboxylic acids is 1. The summed E-state index contributed by atoms with van der Waals surface area (Å²) in [7, 11) is -4.26. The molecule has 4 rings (SSSR count). The molecule has 35 heavy (non-hydrogen) atoms. The van der Waals surface area contributed by atoms with Crippen molar-refractivity contribution in [1.29, 1.82) is 0 Å². The summed E-state index contributed by atoms with van der Waals surface area (Å²) in [6, 6.07) is 6.65. The van der Waals surface area contributed by atoms with Crippen LogP contribution in [0.1, 0.15) is 19.4 Å². The SMILES string of the molecule is CCC(C(=O)O)n1nc(-c2ccc(NS(=O)(=O)c3cccc(Cl)c3Cl)c(F)c2)c2c(N)ncnc21. The van der Waals surface area contributed by atoms with E-state index in [0.717, 1.165) is 6.07 Å². The quantitative estimate of drug-likeness (QED) is 0.313. The highest BCUT2D eigenvalue weighted by Crippen LogP contribution is 2.35. The van der Waals surface area contributed by atoms with E-state index in [2.05, 4.69) is 19.8 Å². The molecule has 0 aliphatic heterocycles. The fourth-order valence-electron chi connectivity index (χ4n) is 3.50. The van der Waals surface area contributed by atoms with E-state index < -0.39 is 27.9 Å². The summed E-state index contributed by atoms with van der Waals surface area (Å²) < 4.78 is 43.9. The van der Waals surface area contributed by atoms with Gasteiger partial charge in [-0.1, -0.05) is 42.3 Å². The van der Waals surface area contributed by atoms with Crippen molar-refractivity contribution in [3.63, 3.8) is 0 Å². The number of carbonyl (C=O) groups is 1. The zero-order valence-corrected chi connectivity index (χ0v) is 20.2. The molecule has 0 aliphatic rings. The fourth-order valence-corrected chi connectivity index (χ4v) is 5.33. The average Bonchev–Trinajstić information content (AvgIpc) is 3.18. The molecule has 0 aliphatic carbocycles. The van der Waals surface area contributed by atoms with Gasteiger partial charge in [0.2, 0.25) is 0 Å². The van der Waals surface area contributed by atoms with Gasteiger partial charge in [0.05, 0.1) is 21.1 Å². The van der Waals surface area contributed by atoms with Crippen molar-refractivity contribution in [3.8, 4) is 11.3 Å². The summed E-state index contributed by atoms with van der Waals surface area (Å²) in [6.45, 7) is 1.67. The summed E-state index contributed by atoms with van der Waals surface area (Å²) in [5.41, 5.74) is 6.17. The van der Waals surface area contributed by atoms with E-state index in [0.29, 0.717) is 0 Å². The third-order valence-electron chi connectivity index (χ3n) is 5.18. The molecule has 0 fully saturated rings. The standard InChI is InChI=1S/C21H17Cl2FN6O4S/c1-2-14(21(31)32)30-20-16(19(25)26-9-27-20)18(28-30)10-6-7-13(12(24)8-10)29-35(33,34)15-5-3-4-11(22)17(15)23/h3-9,14,29H,2H2,1H3,(H,31,32)(H2,25,26,27). The first kappa shape index (κ1) is 24.6. The van der Waals surface area contributed by atoms with E-state index in [1.807, 2.05) is 0 Å². The zero-order chi connectivity index (χ0) is 25.5. The van der Waals surface area contributed by atoms with Crippen LogP contribution >= 0.6 is 23.2 Å². The number of rotatable bonds is 7. The second kappa shape index (κ2) is 9.29. The molecule has 1 unspecified atom stereocenters. The number of nitrogens with two attached hydrogens (primary N) is 1. The molecule has 182 valence electrons. The number of hydrogen-bond acceptors (Lipinski definition) is 7. The maximum atomic E-state index is 15.0. The molecule has 0 spiro atoms. The lowest BCUT2D eigenvalue weighted by atomic mass is 10.1. The van der Waals surface area contributed by atoms with E-state index >= 15 is 4.39 Å².